The third kappa shape index (κ3) is 4.07. The lowest BCUT2D eigenvalue weighted by Crippen LogP contribution is -2.41. The van der Waals surface area contributed by atoms with Crippen LogP contribution in [0.15, 0.2) is 54.6 Å². The number of rotatable bonds is 4. The number of fused-ring (bicyclic) bond motifs is 1. The number of nitrogens with zero attached hydrogens (tertiary/aromatic N) is 2. The van der Waals surface area contributed by atoms with E-state index in [4.69, 9.17) is 0 Å². The molecule has 0 bridgehead atoms. The van der Waals surface area contributed by atoms with Crippen LogP contribution in [0.4, 0.5) is 11.4 Å². The van der Waals surface area contributed by atoms with Gasteiger partial charge in [0, 0.05) is 26.2 Å². The van der Waals surface area contributed by atoms with Gasteiger partial charge in [-0.25, -0.2) is 0 Å². The normalized spacial score (nSPS) is 14.7. The van der Waals surface area contributed by atoms with Crippen molar-refractivity contribution < 1.29 is 0 Å². The van der Waals surface area contributed by atoms with E-state index in [9.17, 15) is 0 Å². The lowest BCUT2D eigenvalue weighted by atomic mass is 9.92. The summed E-state index contributed by atoms with van der Waals surface area (Å²) in [6, 6.07) is 19.6. The van der Waals surface area contributed by atoms with Crippen LogP contribution in [0.5, 0.6) is 0 Å². The average Bonchev–Trinajstić information content (AvgIpc) is 2.54. The molecule has 0 aromatic heterocycles. The Labute approximate surface area is 140 Å². The molecule has 23 heavy (non-hydrogen) atoms. The topological polar surface area (TPSA) is 6.48 Å². The van der Waals surface area contributed by atoms with E-state index in [1.807, 2.05) is 0 Å². The predicted octanol–water partition coefficient (Wildman–Crippen LogP) is 4.95. The Morgan fingerprint density at radius 1 is 0.783 bits per heavy atom. The minimum atomic E-state index is 0.385. The van der Waals surface area contributed by atoms with E-state index in [2.05, 4.69) is 85.2 Å². The number of benzene rings is 2. The quantitative estimate of drug-likeness (QED) is 0.788. The van der Waals surface area contributed by atoms with Gasteiger partial charge < -0.3 is 9.80 Å². The fourth-order valence-electron chi connectivity index (χ4n) is 3.15. The van der Waals surface area contributed by atoms with Crippen molar-refractivity contribution in [3.05, 3.63) is 60.2 Å². The predicted molar refractivity (Wildman–Crippen MR) is 100 cm³/mol. The molecule has 2 aromatic rings. The molecule has 0 saturated carbocycles. The minimum Gasteiger partial charge on any atom is -0.368 e. The smallest absolute Gasteiger partial charge is 0.0607 e. The van der Waals surface area contributed by atoms with Gasteiger partial charge in [-0.3, -0.25) is 0 Å². The molecule has 2 nitrogen and oxygen atoms in total. The van der Waals surface area contributed by atoms with Crippen molar-refractivity contribution in [2.75, 3.05) is 29.4 Å². The van der Waals surface area contributed by atoms with Gasteiger partial charge in [0.1, 0.15) is 0 Å². The summed E-state index contributed by atoms with van der Waals surface area (Å²) in [5.41, 5.74) is 4.52. The Morgan fingerprint density at radius 2 is 1.35 bits per heavy atom. The molecule has 3 rings (SSSR count). The van der Waals surface area contributed by atoms with E-state index in [-0.39, 0.29) is 0 Å². The second kappa shape index (κ2) is 6.66. The zero-order chi connectivity index (χ0) is 16.3. The summed E-state index contributed by atoms with van der Waals surface area (Å²) in [6.07, 6.45) is 1.22. The van der Waals surface area contributed by atoms with E-state index in [0.717, 1.165) is 26.2 Å². The van der Waals surface area contributed by atoms with E-state index < -0.39 is 0 Å². The average molecular weight is 308 g/mol. The molecule has 122 valence electrons. The Bertz CT molecular complexity index is 628. The van der Waals surface area contributed by atoms with Crippen LogP contribution in [-0.4, -0.2) is 19.6 Å². The monoisotopic (exact) mass is 308 g/mol. The zero-order valence-corrected chi connectivity index (χ0v) is 14.6. The summed E-state index contributed by atoms with van der Waals surface area (Å²) in [5.74, 6) is 0. The van der Waals surface area contributed by atoms with Crippen LogP contribution in [0.1, 0.15) is 32.8 Å². The van der Waals surface area contributed by atoms with Gasteiger partial charge >= 0.3 is 0 Å². The summed E-state index contributed by atoms with van der Waals surface area (Å²) < 4.78 is 0. The second-order valence-electron chi connectivity index (χ2n) is 7.69. The van der Waals surface area contributed by atoms with Gasteiger partial charge in [0.2, 0.25) is 0 Å². The lowest BCUT2D eigenvalue weighted by Gasteiger charge is -2.40. The first-order valence-corrected chi connectivity index (χ1v) is 8.66. The molecule has 1 aliphatic rings. The van der Waals surface area contributed by atoms with E-state index in [1.165, 1.54) is 23.4 Å². The van der Waals surface area contributed by atoms with Crippen molar-refractivity contribution in [2.45, 2.75) is 33.7 Å². The fraction of sp³-hybridized carbons (Fsp3) is 0.429. The van der Waals surface area contributed by atoms with Crippen LogP contribution in [0, 0.1) is 5.41 Å². The summed E-state index contributed by atoms with van der Waals surface area (Å²) in [4.78, 5) is 5.07. The molecule has 0 spiro atoms. The van der Waals surface area contributed by atoms with E-state index in [1.54, 1.807) is 0 Å². The molecule has 0 atom stereocenters. The highest BCUT2D eigenvalue weighted by molar-refractivity contribution is 5.73. The summed E-state index contributed by atoms with van der Waals surface area (Å²) in [7, 11) is 0. The van der Waals surface area contributed by atoms with Crippen LogP contribution in [0.2, 0.25) is 0 Å². The Hall–Kier alpha value is -1.96. The minimum absolute atomic E-state index is 0.385. The Morgan fingerprint density at radius 3 is 2.00 bits per heavy atom. The highest BCUT2D eigenvalue weighted by atomic mass is 15.3. The fourth-order valence-corrected chi connectivity index (χ4v) is 3.15. The van der Waals surface area contributed by atoms with Gasteiger partial charge in [-0.15, -0.1) is 0 Å². The first kappa shape index (κ1) is 15.9. The molecule has 0 aliphatic carbocycles. The summed E-state index contributed by atoms with van der Waals surface area (Å²) in [6.45, 7) is 11.3. The summed E-state index contributed by atoms with van der Waals surface area (Å²) in [5, 5.41) is 0. The maximum absolute atomic E-state index is 2.56. The highest BCUT2D eigenvalue weighted by Gasteiger charge is 2.23. The lowest BCUT2D eigenvalue weighted by molar-refractivity contribution is 0.378. The van der Waals surface area contributed by atoms with Gasteiger partial charge in [-0.1, -0.05) is 63.2 Å². The molecule has 2 aromatic carbocycles. The largest absolute Gasteiger partial charge is 0.368 e. The molecule has 1 heterocycles. The maximum Gasteiger partial charge on any atom is 0.0607 e. The number of anilines is 2. The van der Waals surface area contributed by atoms with Crippen LogP contribution in [0.25, 0.3) is 0 Å². The zero-order valence-electron chi connectivity index (χ0n) is 14.6. The molecule has 0 N–H and O–H groups in total. The molecule has 0 radical (unpaired) electrons. The van der Waals surface area contributed by atoms with Crippen LogP contribution in [0.3, 0.4) is 0 Å². The number of para-hydroxylation sites is 2. The third-order valence-corrected chi connectivity index (χ3v) is 4.55. The Balaban J connectivity index is 1.78. The van der Waals surface area contributed by atoms with E-state index in [0.29, 0.717) is 5.41 Å². The van der Waals surface area contributed by atoms with Crippen molar-refractivity contribution in [3.8, 4) is 0 Å². The molecular formula is C21H28N2. The first-order valence-electron chi connectivity index (χ1n) is 8.66. The molecule has 0 unspecified atom stereocenters. The molecule has 1 aliphatic heterocycles. The van der Waals surface area contributed by atoms with Gasteiger partial charge in [-0.2, -0.15) is 0 Å². The molecular weight excluding hydrogens is 280 g/mol. The van der Waals surface area contributed by atoms with Crippen molar-refractivity contribution in [3.63, 3.8) is 0 Å². The van der Waals surface area contributed by atoms with Crippen LogP contribution >= 0.6 is 0 Å². The van der Waals surface area contributed by atoms with Gasteiger partial charge in [-0.05, 0) is 29.5 Å². The van der Waals surface area contributed by atoms with Gasteiger partial charge in [0.05, 0.1) is 11.4 Å². The molecule has 0 fully saturated rings. The van der Waals surface area contributed by atoms with Crippen LogP contribution < -0.4 is 9.80 Å². The Kier molecular flexibility index (Phi) is 4.61. The number of hydrogen-bond donors (Lipinski definition) is 0. The first-order chi connectivity index (χ1) is 11.0. The van der Waals surface area contributed by atoms with Crippen LogP contribution in [-0.2, 0) is 6.54 Å². The van der Waals surface area contributed by atoms with Crippen molar-refractivity contribution >= 4 is 11.4 Å². The van der Waals surface area contributed by atoms with Crippen molar-refractivity contribution in [1.82, 2.24) is 0 Å². The van der Waals surface area contributed by atoms with Gasteiger partial charge in [0.15, 0.2) is 0 Å². The standard InChI is InChI=1S/C21H28N2/c1-21(2,3)13-14-22-15-16-23(17-18-9-5-4-6-10-18)20-12-8-7-11-19(20)22/h4-12H,13-17H2,1-3H3. The third-order valence-electron chi connectivity index (χ3n) is 4.55. The summed E-state index contributed by atoms with van der Waals surface area (Å²) >= 11 is 0. The maximum atomic E-state index is 2.56. The molecule has 0 amide bonds. The number of hydrogen-bond acceptors (Lipinski definition) is 2. The van der Waals surface area contributed by atoms with Gasteiger partial charge in [0.25, 0.3) is 0 Å². The molecule has 2 heteroatoms. The SMILES string of the molecule is CC(C)(C)CCN1CCN(Cc2ccccc2)c2ccccc21. The van der Waals surface area contributed by atoms with E-state index >= 15 is 0 Å². The van der Waals surface area contributed by atoms with Crippen molar-refractivity contribution in [1.29, 1.82) is 0 Å². The van der Waals surface area contributed by atoms with Crippen molar-refractivity contribution in [2.24, 2.45) is 5.41 Å². The molecule has 0 saturated heterocycles. The second-order valence-corrected chi connectivity index (χ2v) is 7.69. The highest BCUT2D eigenvalue weighted by Crippen LogP contribution is 2.34.